The molecule has 1 unspecified atom stereocenters. The van der Waals surface area contributed by atoms with E-state index in [2.05, 4.69) is 9.80 Å². The number of anilines is 1. The first-order valence-corrected chi connectivity index (χ1v) is 10.0. The van der Waals surface area contributed by atoms with Crippen LogP contribution in [0.3, 0.4) is 0 Å². The molecule has 1 saturated heterocycles. The Morgan fingerprint density at radius 2 is 2.00 bits per heavy atom. The lowest BCUT2D eigenvalue weighted by Crippen LogP contribution is -2.47. The van der Waals surface area contributed by atoms with Gasteiger partial charge in [-0.1, -0.05) is 11.6 Å². The summed E-state index contributed by atoms with van der Waals surface area (Å²) >= 11 is 6.64. The average Bonchev–Trinajstić information content (AvgIpc) is 2.67. The molecule has 1 aromatic heterocycles. The molecule has 2 aromatic rings. The summed E-state index contributed by atoms with van der Waals surface area (Å²) in [6.07, 6.45) is 3.15. The van der Waals surface area contributed by atoms with E-state index < -0.39 is 11.4 Å². The Hall–Kier alpha value is -2.09. The summed E-state index contributed by atoms with van der Waals surface area (Å²) in [4.78, 5) is 28.8. The third kappa shape index (κ3) is 3.07. The molecule has 1 atom stereocenters. The van der Waals surface area contributed by atoms with Gasteiger partial charge >= 0.3 is 5.97 Å². The van der Waals surface area contributed by atoms with Crippen molar-refractivity contribution in [1.82, 2.24) is 9.47 Å². The number of nitrogens with zero attached hydrogens (tertiary/aromatic N) is 3. The summed E-state index contributed by atoms with van der Waals surface area (Å²) in [5.74, 6) is -1.21. The van der Waals surface area contributed by atoms with E-state index in [1.54, 1.807) is 6.07 Å². The highest BCUT2D eigenvalue weighted by Gasteiger charge is 2.29. The lowest BCUT2D eigenvalue weighted by atomic mass is 9.93. The van der Waals surface area contributed by atoms with Gasteiger partial charge in [0.25, 0.3) is 0 Å². The standard InChI is InChI=1S/C20H24ClN3O4/c1-12-2-3-13-17-14(19(26)15(20(27)28)11-24(12)17)10-16(21)18(13)23-6-4-22(5-7-23)8-9-25/h10-12,25H,2-9H2,1H3,(H,27,28). The van der Waals surface area contributed by atoms with Crippen molar-refractivity contribution in [3.05, 3.63) is 38.6 Å². The molecule has 1 fully saturated rings. The second-order valence-electron chi connectivity index (χ2n) is 7.61. The highest BCUT2D eigenvalue weighted by molar-refractivity contribution is 6.34. The number of aliphatic hydroxyl groups excluding tert-OH is 1. The van der Waals surface area contributed by atoms with Gasteiger partial charge in [-0.15, -0.1) is 0 Å². The van der Waals surface area contributed by atoms with Crippen LogP contribution in [0.15, 0.2) is 17.1 Å². The Bertz CT molecular complexity index is 995. The molecule has 7 nitrogen and oxygen atoms in total. The van der Waals surface area contributed by atoms with Crippen LogP contribution in [0.1, 0.15) is 35.3 Å². The molecule has 0 aliphatic carbocycles. The quantitative estimate of drug-likeness (QED) is 0.808. The first-order chi connectivity index (χ1) is 13.4. The number of carboxylic acids is 1. The maximum atomic E-state index is 12.8. The van der Waals surface area contributed by atoms with E-state index in [1.165, 1.54) is 6.20 Å². The summed E-state index contributed by atoms with van der Waals surface area (Å²) in [5.41, 5.74) is 2.11. The van der Waals surface area contributed by atoms with E-state index in [0.717, 1.165) is 55.8 Å². The topological polar surface area (TPSA) is 86.0 Å². The predicted molar refractivity (Wildman–Crippen MR) is 109 cm³/mol. The van der Waals surface area contributed by atoms with Crippen LogP contribution in [0.2, 0.25) is 5.02 Å². The van der Waals surface area contributed by atoms with Gasteiger partial charge in [0, 0.05) is 55.9 Å². The number of hydrogen-bond acceptors (Lipinski definition) is 5. The second-order valence-corrected chi connectivity index (χ2v) is 8.01. The molecular formula is C20H24ClN3O4. The number of hydrogen-bond donors (Lipinski definition) is 2. The molecule has 3 heterocycles. The third-order valence-electron chi connectivity index (χ3n) is 5.96. The maximum absolute atomic E-state index is 12.8. The zero-order valence-corrected chi connectivity index (χ0v) is 16.6. The zero-order chi connectivity index (χ0) is 20.0. The van der Waals surface area contributed by atoms with E-state index in [4.69, 9.17) is 16.7 Å². The van der Waals surface area contributed by atoms with Crippen LogP contribution in [-0.4, -0.2) is 65.0 Å². The number of aryl methyl sites for hydroxylation is 1. The summed E-state index contributed by atoms with van der Waals surface area (Å²) < 4.78 is 1.93. The van der Waals surface area contributed by atoms with Gasteiger partial charge in [0.1, 0.15) is 5.56 Å². The molecule has 0 radical (unpaired) electrons. The SMILES string of the molecule is CC1CCc2c(N3CCN(CCO)CC3)c(Cl)cc3c(=O)c(C(=O)O)cn1c23. The fourth-order valence-electron chi connectivity index (χ4n) is 4.47. The van der Waals surface area contributed by atoms with Crippen molar-refractivity contribution in [2.45, 2.75) is 25.8 Å². The fourth-order valence-corrected chi connectivity index (χ4v) is 4.81. The van der Waals surface area contributed by atoms with Crippen molar-refractivity contribution in [3.8, 4) is 0 Å². The number of carboxylic acid groups (broad SMARTS) is 1. The number of halogens is 1. The number of rotatable bonds is 4. The van der Waals surface area contributed by atoms with E-state index in [-0.39, 0.29) is 18.2 Å². The van der Waals surface area contributed by atoms with Gasteiger partial charge in [-0.25, -0.2) is 4.79 Å². The number of carbonyl (C=O) groups is 1. The van der Waals surface area contributed by atoms with Crippen LogP contribution >= 0.6 is 11.6 Å². The number of pyridine rings is 1. The van der Waals surface area contributed by atoms with Crippen LogP contribution in [0.4, 0.5) is 5.69 Å². The van der Waals surface area contributed by atoms with Gasteiger partial charge in [0.2, 0.25) is 5.43 Å². The molecular weight excluding hydrogens is 382 g/mol. The first-order valence-electron chi connectivity index (χ1n) is 9.64. The molecule has 2 aliphatic rings. The van der Waals surface area contributed by atoms with Crippen LogP contribution in [0.25, 0.3) is 10.9 Å². The van der Waals surface area contributed by atoms with Gasteiger partial charge in [0.15, 0.2) is 0 Å². The number of aromatic nitrogens is 1. The van der Waals surface area contributed by atoms with Crippen LogP contribution in [0, 0.1) is 0 Å². The summed E-state index contributed by atoms with van der Waals surface area (Å²) in [7, 11) is 0. The monoisotopic (exact) mass is 405 g/mol. The number of aliphatic hydroxyl groups is 1. The largest absolute Gasteiger partial charge is 0.477 e. The third-order valence-corrected chi connectivity index (χ3v) is 6.25. The van der Waals surface area contributed by atoms with Crippen molar-refractivity contribution in [2.75, 3.05) is 44.2 Å². The highest BCUT2D eigenvalue weighted by Crippen LogP contribution is 2.41. The predicted octanol–water partition coefficient (Wildman–Crippen LogP) is 1.97. The lowest BCUT2D eigenvalue weighted by Gasteiger charge is -2.38. The molecule has 0 spiro atoms. The number of aromatic carboxylic acids is 1. The van der Waals surface area contributed by atoms with Gasteiger partial charge in [-0.2, -0.15) is 0 Å². The van der Waals surface area contributed by atoms with E-state index in [9.17, 15) is 14.7 Å². The van der Waals surface area contributed by atoms with Gasteiger partial charge in [-0.3, -0.25) is 9.69 Å². The molecule has 4 rings (SSSR count). The first kappa shape index (κ1) is 19.2. The summed E-state index contributed by atoms with van der Waals surface area (Å²) in [5, 5.41) is 19.5. The minimum Gasteiger partial charge on any atom is -0.477 e. The van der Waals surface area contributed by atoms with Crippen molar-refractivity contribution >= 4 is 34.2 Å². The molecule has 2 N–H and O–H groups in total. The van der Waals surface area contributed by atoms with E-state index in [0.29, 0.717) is 17.0 Å². The van der Waals surface area contributed by atoms with Crippen molar-refractivity contribution in [1.29, 1.82) is 0 Å². The minimum absolute atomic E-state index is 0.115. The Balaban J connectivity index is 1.87. The average molecular weight is 406 g/mol. The number of benzene rings is 1. The fraction of sp³-hybridized carbons (Fsp3) is 0.500. The molecule has 0 bridgehead atoms. The lowest BCUT2D eigenvalue weighted by molar-refractivity contribution is 0.0694. The molecule has 8 heteroatoms. The number of β-amino-alcohol motifs (C(OH)–C–C–N with tert-alkyl or cyclic N) is 1. The molecule has 28 heavy (non-hydrogen) atoms. The van der Waals surface area contributed by atoms with E-state index in [1.807, 2.05) is 11.5 Å². The highest BCUT2D eigenvalue weighted by atomic mass is 35.5. The minimum atomic E-state index is -1.21. The molecule has 0 saturated carbocycles. The molecule has 0 amide bonds. The van der Waals surface area contributed by atoms with Gasteiger partial charge in [0.05, 0.1) is 22.8 Å². The van der Waals surface area contributed by atoms with Crippen molar-refractivity contribution in [3.63, 3.8) is 0 Å². The Labute approximate surface area is 167 Å². The Kier molecular flexibility index (Phi) is 5.07. The Morgan fingerprint density at radius 1 is 1.29 bits per heavy atom. The molecule has 150 valence electrons. The van der Waals surface area contributed by atoms with Crippen molar-refractivity contribution < 1.29 is 15.0 Å². The zero-order valence-electron chi connectivity index (χ0n) is 15.8. The molecule has 2 aliphatic heterocycles. The van der Waals surface area contributed by atoms with Crippen LogP contribution in [-0.2, 0) is 6.42 Å². The number of piperazine rings is 1. The maximum Gasteiger partial charge on any atom is 0.341 e. The molecule has 1 aromatic carbocycles. The smallest absolute Gasteiger partial charge is 0.341 e. The second kappa shape index (κ2) is 7.39. The van der Waals surface area contributed by atoms with Crippen LogP contribution in [0.5, 0.6) is 0 Å². The van der Waals surface area contributed by atoms with Gasteiger partial charge in [-0.05, 0) is 25.8 Å². The Morgan fingerprint density at radius 3 is 2.64 bits per heavy atom. The normalized spacial score (nSPS) is 20.0. The van der Waals surface area contributed by atoms with E-state index >= 15 is 0 Å². The summed E-state index contributed by atoms with van der Waals surface area (Å²) in [6.45, 7) is 6.14. The van der Waals surface area contributed by atoms with Gasteiger partial charge < -0.3 is 19.7 Å². The van der Waals surface area contributed by atoms with Crippen molar-refractivity contribution in [2.24, 2.45) is 0 Å². The van der Waals surface area contributed by atoms with Crippen LogP contribution < -0.4 is 10.3 Å². The summed E-state index contributed by atoms with van der Waals surface area (Å²) in [6, 6.07) is 1.75.